The lowest BCUT2D eigenvalue weighted by Gasteiger charge is -2.43. The van der Waals surface area contributed by atoms with Crippen molar-refractivity contribution in [1.29, 1.82) is 0 Å². The molecule has 0 bridgehead atoms. The lowest BCUT2D eigenvalue weighted by atomic mass is 9.98. The van der Waals surface area contributed by atoms with E-state index in [1.54, 1.807) is 0 Å². The highest BCUT2D eigenvalue weighted by molar-refractivity contribution is 5.87. The maximum absolute atomic E-state index is 11.6. The van der Waals surface area contributed by atoms with Crippen LogP contribution in [0.4, 0.5) is 0 Å². The van der Waals surface area contributed by atoms with Crippen molar-refractivity contribution in [2.45, 2.75) is 45.2 Å². The highest BCUT2D eigenvalue weighted by Crippen LogP contribution is 2.21. The van der Waals surface area contributed by atoms with Gasteiger partial charge in [0.2, 0.25) is 5.91 Å². The Labute approximate surface area is 99.1 Å². The first-order valence-corrected chi connectivity index (χ1v) is 6.00. The van der Waals surface area contributed by atoms with E-state index in [2.05, 4.69) is 39.3 Å². The zero-order valence-electron chi connectivity index (χ0n) is 11.0. The molecule has 1 saturated heterocycles. The maximum Gasteiger partial charge on any atom is 0.246 e. The average Bonchev–Trinajstić information content (AvgIpc) is 2.26. The molecule has 0 aromatic rings. The lowest BCUT2D eigenvalue weighted by Crippen LogP contribution is -2.53. The number of carbonyl (C=O) groups is 1. The molecule has 1 unspecified atom stereocenters. The van der Waals surface area contributed by atoms with E-state index >= 15 is 0 Å². The van der Waals surface area contributed by atoms with Gasteiger partial charge in [0.15, 0.2) is 0 Å². The summed E-state index contributed by atoms with van der Waals surface area (Å²) in [5.41, 5.74) is 0.158. The fourth-order valence-electron chi connectivity index (χ4n) is 2.15. The summed E-state index contributed by atoms with van der Waals surface area (Å²) < 4.78 is 0. The number of rotatable bonds is 2. The first kappa shape index (κ1) is 13.2. The van der Waals surface area contributed by atoms with Gasteiger partial charge in [-0.1, -0.05) is 6.58 Å². The highest BCUT2D eigenvalue weighted by atomic mass is 16.2. The van der Waals surface area contributed by atoms with Gasteiger partial charge in [-0.25, -0.2) is 0 Å². The molecule has 0 saturated carbocycles. The first-order valence-electron chi connectivity index (χ1n) is 6.00. The summed E-state index contributed by atoms with van der Waals surface area (Å²) in [5.74, 6) is 0.0620. The molecule has 0 spiro atoms. The molecule has 0 N–H and O–H groups in total. The molecule has 0 aromatic heterocycles. The second-order valence-corrected chi connectivity index (χ2v) is 5.57. The van der Waals surface area contributed by atoms with Crippen LogP contribution in [0.15, 0.2) is 12.7 Å². The number of hydrogen-bond acceptors (Lipinski definition) is 2. The van der Waals surface area contributed by atoms with Gasteiger partial charge in [0.25, 0.3) is 0 Å². The SMILES string of the molecule is C=CC(=O)N1CCCC(N(C)C(C)(C)C)C1. The molecule has 3 nitrogen and oxygen atoms in total. The number of carbonyl (C=O) groups excluding carboxylic acids is 1. The third-order valence-corrected chi connectivity index (χ3v) is 3.49. The van der Waals surface area contributed by atoms with Crippen LogP contribution in [-0.2, 0) is 4.79 Å². The predicted molar refractivity (Wildman–Crippen MR) is 67.3 cm³/mol. The molecule has 1 aliphatic heterocycles. The standard InChI is InChI=1S/C13H24N2O/c1-6-12(16)15-9-7-8-11(10-15)14(5)13(2,3)4/h6,11H,1,7-10H2,2-5H3. The van der Waals surface area contributed by atoms with E-state index in [9.17, 15) is 4.79 Å². The summed E-state index contributed by atoms with van der Waals surface area (Å²) in [6, 6.07) is 0.470. The molecule has 16 heavy (non-hydrogen) atoms. The Balaban J connectivity index is 2.63. The number of hydrogen-bond donors (Lipinski definition) is 0. The molecule has 1 heterocycles. The summed E-state index contributed by atoms with van der Waals surface area (Å²) in [6.45, 7) is 11.9. The zero-order chi connectivity index (χ0) is 12.3. The van der Waals surface area contributed by atoms with Crippen molar-refractivity contribution >= 4 is 5.91 Å². The van der Waals surface area contributed by atoms with Crippen LogP contribution in [0.5, 0.6) is 0 Å². The molecule has 92 valence electrons. The normalized spacial score (nSPS) is 22.3. The number of nitrogens with zero attached hydrogens (tertiary/aromatic N) is 2. The molecule has 3 heteroatoms. The zero-order valence-corrected chi connectivity index (χ0v) is 11.0. The maximum atomic E-state index is 11.6. The molecule has 1 atom stereocenters. The van der Waals surface area contributed by atoms with Crippen LogP contribution in [0.3, 0.4) is 0 Å². The quantitative estimate of drug-likeness (QED) is 0.669. The van der Waals surface area contributed by atoms with Crippen molar-refractivity contribution in [1.82, 2.24) is 9.80 Å². The van der Waals surface area contributed by atoms with E-state index in [4.69, 9.17) is 0 Å². The predicted octanol–water partition coefficient (Wildman–Crippen LogP) is 1.89. The van der Waals surface area contributed by atoms with Gasteiger partial charge in [-0.05, 0) is 46.7 Å². The molecule has 1 amide bonds. The minimum absolute atomic E-state index is 0.0620. The summed E-state index contributed by atoms with van der Waals surface area (Å²) in [6.07, 6.45) is 3.68. The second-order valence-electron chi connectivity index (χ2n) is 5.57. The lowest BCUT2D eigenvalue weighted by molar-refractivity contribution is -0.128. The summed E-state index contributed by atoms with van der Waals surface area (Å²) in [7, 11) is 2.15. The monoisotopic (exact) mass is 224 g/mol. The van der Waals surface area contributed by atoms with Crippen LogP contribution < -0.4 is 0 Å². The van der Waals surface area contributed by atoms with Crippen molar-refractivity contribution in [3.63, 3.8) is 0 Å². The third kappa shape index (κ3) is 3.08. The molecule has 1 rings (SSSR count). The van der Waals surface area contributed by atoms with Crippen molar-refractivity contribution in [3.05, 3.63) is 12.7 Å². The van der Waals surface area contributed by atoms with E-state index in [0.29, 0.717) is 6.04 Å². The van der Waals surface area contributed by atoms with E-state index in [0.717, 1.165) is 19.5 Å². The first-order chi connectivity index (χ1) is 7.36. The molecule has 0 aromatic carbocycles. The number of likely N-dealkylation sites (N-methyl/N-ethyl adjacent to an activating group) is 1. The molecular weight excluding hydrogens is 200 g/mol. The Morgan fingerprint density at radius 1 is 1.50 bits per heavy atom. The van der Waals surface area contributed by atoms with E-state index in [-0.39, 0.29) is 11.4 Å². The van der Waals surface area contributed by atoms with Gasteiger partial charge in [-0.3, -0.25) is 9.69 Å². The van der Waals surface area contributed by atoms with Crippen LogP contribution in [0.2, 0.25) is 0 Å². The van der Waals surface area contributed by atoms with Crippen molar-refractivity contribution in [2.75, 3.05) is 20.1 Å². The van der Waals surface area contributed by atoms with Gasteiger partial charge in [0.05, 0.1) is 0 Å². The number of piperidine rings is 1. The molecule has 1 fully saturated rings. The van der Waals surface area contributed by atoms with Crippen LogP contribution in [0, 0.1) is 0 Å². The van der Waals surface area contributed by atoms with Gasteiger partial charge in [-0.2, -0.15) is 0 Å². The minimum Gasteiger partial charge on any atom is -0.338 e. The number of likely N-dealkylation sites (tertiary alicyclic amines) is 1. The summed E-state index contributed by atoms with van der Waals surface area (Å²) in [5, 5.41) is 0. The van der Waals surface area contributed by atoms with Gasteiger partial charge in [0, 0.05) is 24.7 Å². The Morgan fingerprint density at radius 3 is 2.62 bits per heavy atom. The third-order valence-electron chi connectivity index (χ3n) is 3.49. The van der Waals surface area contributed by atoms with Crippen LogP contribution in [0.25, 0.3) is 0 Å². The van der Waals surface area contributed by atoms with Crippen molar-refractivity contribution in [3.8, 4) is 0 Å². The van der Waals surface area contributed by atoms with Crippen LogP contribution >= 0.6 is 0 Å². The molecular formula is C13H24N2O. The fraction of sp³-hybridized carbons (Fsp3) is 0.769. The Bertz CT molecular complexity index is 268. The summed E-state index contributed by atoms with van der Waals surface area (Å²) in [4.78, 5) is 15.9. The van der Waals surface area contributed by atoms with E-state index in [1.807, 2.05) is 4.90 Å². The van der Waals surface area contributed by atoms with Gasteiger partial charge in [0.1, 0.15) is 0 Å². The minimum atomic E-state index is 0.0620. The molecule has 0 aliphatic carbocycles. The largest absolute Gasteiger partial charge is 0.338 e. The van der Waals surface area contributed by atoms with Gasteiger partial charge < -0.3 is 4.90 Å². The van der Waals surface area contributed by atoms with E-state index in [1.165, 1.54) is 12.5 Å². The van der Waals surface area contributed by atoms with Crippen molar-refractivity contribution < 1.29 is 4.79 Å². The smallest absolute Gasteiger partial charge is 0.246 e. The van der Waals surface area contributed by atoms with Gasteiger partial charge >= 0.3 is 0 Å². The van der Waals surface area contributed by atoms with Crippen LogP contribution in [0.1, 0.15) is 33.6 Å². The Hall–Kier alpha value is -0.830. The number of amides is 1. The highest BCUT2D eigenvalue weighted by Gasteiger charge is 2.30. The topological polar surface area (TPSA) is 23.6 Å². The summed E-state index contributed by atoms with van der Waals surface area (Å²) >= 11 is 0. The van der Waals surface area contributed by atoms with Crippen molar-refractivity contribution in [2.24, 2.45) is 0 Å². The van der Waals surface area contributed by atoms with Crippen LogP contribution in [-0.4, -0.2) is 47.4 Å². The Morgan fingerprint density at radius 2 is 2.12 bits per heavy atom. The van der Waals surface area contributed by atoms with E-state index < -0.39 is 0 Å². The molecule has 1 aliphatic rings. The van der Waals surface area contributed by atoms with Gasteiger partial charge in [-0.15, -0.1) is 0 Å². The fourth-order valence-corrected chi connectivity index (χ4v) is 2.15. The Kier molecular flexibility index (Phi) is 4.14. The average molecular weight is 224 g/mol. The second kappa shape index (κ2) is 5.00. The molecule has 0 radical (unpaired) electrons.